The lowest BCUT2D eigenvalue weighted by molar-refractivity contribution is 0.0923. The Labute approximate surface area is 121 Å². The van der Waals surface area contributed by atoms with E-state index in [2.05, 4.69) is 35.4 Å². The molecule has 1 unspecified atom stereocenters. The molecule has 2 aromatic rings. The molecule has 0 spiro atoms. The van der Waals surface area contributed by atoms with Crippen molar-refractivity contribution in [2.45, 2.75) is 18.9 Å². The van der Waals surface area contributed by atoms with Gasteiger partial charge in [0.2, 0.25) is 17.7 Å². The van der Waals surface area contributed by atoms with Gasteiger partial charge >= 0.3 is 0 Å². The Bertz CT molecular complexity index is 613. The molecule has 1 aliphatic rings. The van der Waals surface area contributed by atoms with Crippen molar-refractivity contribution in [3.05, 3.63) is 24.3 Å². The van der Waals surface area contributed by atoms with Crippen molar-refractivity contribution in [3.8, 4) is 0 Å². The van der Waals surface area contributed by atoms with E-state index in [1.165, 1.54) is 0 Å². The molecule has 0 saturated carbocycles. The lowest BCUT2D eigenvalue weighted by Gasteiger charge is -2.32. The molecule has 1 fully saturated rings. The smallest absolute Gasteiger partial charge is 0.288 e. The largest absolute Gasteiger partial charge is 0.366 e. The van der Waals surface area contributed by atoms with Gasteiger partial charge in [-0.25, -0.2) is 9.97 Å². The lowest BCUT2D eigenvalue weighted by Crippen LogP contribution is -2.48. The number of carbonyl (C=O) groups excluding carboxylic acids is 1. The van der Waals surface area contributed by atoms with Crippen LogP contribution in [0, 0.1) is 0 Å². The Morgan fingerprint density at radius 2 is 2.24 bits per heavy atom. The molecular weight excluding hydrogens is 272 g/mol. The van der Waals surface area contributed by atoms with Gasteiger partial charge in [0.1, 0.15) is 0 Å². The van der Waals surface area contributed by atoms with E-state index in [1.54, 1.807) is 18.5 Å². The number of nitrogens with zero attached hydrogens (tertiary/aromatic N) is 5. The molecule has 3 heterocycles. The number of aromatic nitrogens is 5. The summed E-state index contributed by atoms with van der Waals surface area (Å²) in [4.78, 5) is 26.4. The number of hydrogen-bond acceptors (Lipinski definition) is 7. The summed E-state index contributed by atoms with van der Waals surface area (Å²) in [6.45, 7) is 1.55. The molecule has 1 atom stereocenters. The number of rotatable bonds is 3. The summed E-state index contributed by atoms with van der Waals surface area (Å²) in [6.07, 6.45) is 5.28. The minimum Gasteiger partial charge on any atom is -0.366 e. The molecule has 0 bridgehead atoms. The molecule has 9 nitrogen and oxygen atoms in total. The second-order valence-electron chi connectivity index (χ2n) is 4.85. The number of piperidine rings is 1. The van der Waals surface area contributed by atoms with Gasteiger partial charge in [0, 0.05) is 31.5 Å². The van der Waals surface area contributed by atoms with Crippen molar-refractivity contribution in [2.75, 3.05) is 23.7 Å². The molecular formula is C12H16N8O. The summed E-state index contributed by atoms with van der Waals surface area (Å²) >= 11 is 0. The van der Waals surface area contributed by atoms with E-state index in [0.717, 1.165) is 19.4 Å². The van der Waals surface area contributed by atoms with Crippen molar-refractivity contribution in [1.29, 1.82) is 0 Å². The first-order chi connectivity index (χ1) is 10.2. The summed E-state index contributed by atoms with van der Waals surface area (Å²) in [5.41, 5.74) is 5.39. The Kier molecular flexibility index (Phi) is 3.63. The van der Waals surface area contributed by atoms with Gasteiger partial charge in [-0.2, -0.15) is 4.98 Å². The zero-order chi connectivity index (χ0) is 14.7. The standard InChI is InChI=1S/C12H16N8O/c13-11-17-9(18-19-11)10(21)16-8-3-1-6-20(7-8)12-14-4-2-5-15-12/h2,4-5,8H,1,3,6-7H2,(H,16,21)(H3,13,17,18,19). The molecule has 110 valence electrons. The van der Waals surface area contributed by atoms with Crippen molar-refractivity contribution < 1.29 is 4.79 Å². The molecule has 0 aliphatic carbocycles. The topological polar surface area (TPSA) is 126 Å². The minimum absolute atomic E-state index is 0.0152. The maximum absolute atomic E-state index is 12.0. The molecule has 9 heteroatoms. The zero-order valence-corrected chi connectivity index (χ0v) is 11.4. The van der Waals surface area contributed by atoms with Crippen LogP contribution in [-0.4, -0.2) is 50.2 Å². The Hall–Kier alpha value is -2.71. The van der Waals surface area contributed by atoms with Crippen molar-refractivity contribution in [1.82, 2.24) is 30.5 Å². The summed E-state index contributed by atoms with van der Waals surface area (Å²) in [6, 6.07) is 1.79. The fourth-order valence-electron chi connectivity index (χ4n) is 2.36. The van der Waals surface area contributed by atoms with Gasteiger partial charge in [-0.15, -0.1) is 5.10 Å². The van der Waals surface area contributed by atoms with E-state index in [4.69, 9.17) is 5.73 Å². The van der Waals surface area contributed by atoms with Crippen LogP contribution in [0.4, 0.5) is 11.9 Å². The second-order valence-corrected chi connectivity index (χ2v) is 4.85. The highest BCUT2D eigenvalue weighted by molar-refractivity contribution is 5.90. The highest BCUT2D eigenvalue weighted by Crippen LogP contribution is 2.15. The minimum atomic E-state index is -0.306. The average molecular weight is 288 g/mol. The predicted octanol–water partition coefficient (Wildman–Crippen LogP) is -0.424. The molecule has 1 aliphatic heterocycles. The quantitative estimate of drug-likeness (QED) is 0.700. The summed E-state index contributed by atoms with van der Waals surface area (Å²) < 4.78 is 0. The van der Waals surface area contributed by atoms with E-state index in [0.29, 0.717) is 12.5 Å². The number of amides is 1. The van der Waals surface area contributed by atoms with Crippen molar-refractivity contribution in [2.24, 2.45) is 0 Å². The first-order valence-corrected chi connectivity index (χ1v) is 6.73. The maximum atomic E-state index is 12.0. The third kappa shape index (κ3) is 3.07. The van der Waals surface area contributed by atoms with Gasteiger partial charge in [0.05, 0.1) is 0 Å². The van der Waals surface area contributed by atoms with E-state index in [1.807, 2.05) is 0 Å². The van der Waals surface area contributed by atoms with Crippen LogP contribution in [0.5, 0.6) is 0 Å². The van der Waals surface area contributed by atoms with Gasteiger partial charge in [0.15, 0.2) is 0 Å². The second kappa shape index (κ2) is 5.73. The lowest BCUT2D eigenvalue weighted by atomic mass is 10.1. The Morgan fingerprint density at radius 3 is 2.95 bits per heavy atom. The number of carbonyl (C=O) groups is 1. The summed E-state index contributed by atoms with van der Waals surface area (Å²) in [7, 11) is 0. The molecule has 1 amide bonds. The molecule has 21 heavy (non-hydrogen) atoms. The fraction of sp³-hybridized carbons (Fsp3) is 0.417. The highest BCUT2D eigenvalue weighted by atomic mass is 16.2. The average Bonchev–Trinajstić information content (AvgIpc) is 2.95. The van der Waals surface area contributed by atoms with Gasteiger partial charge in [0.25, 0.3) is 5.91 Å². The molecule has 0 radical (unpaired) electrons. The number of nitrogen functional groups attached to an aromatic ring is 1. The monoisotopic (exact) mass is 288 g/mol. The molecule has 4 N–H and O–H groups in total. The first-order valence-electron chi connectivity index (χ1n) is 6.73. The van der Waals surface area contributed by atoms with Crippen LogP contribution in [0.1, 0.15) is 23.5 Å². The fourth-order valence-corrected chi connectivity index (χ4v) is 2.36. The van der Waals surface area contributed by atoms with Crippen LogP contribution in [0.15, 0.2) is 18.5 Å². The SMILES string of the molecule is Nc1n[nH]c(C(=O)NC2CCCN(c3ncccn3)C2)n1. The number of H-pyrrole nitrogens is 1. The van der Waals surface area contributed by atoms with Gasteiger partial charge in [-0.1, -0.05) is 0 Å². The van der Waals surface area contributed by atoms with Crippen LogP contribution < -0.4 is 16.0 Å². The molecule has 0 aromatic carbocycles. The van der Waals surface area contributed by atoms with Crippen molar-refractivity contribution >= 4 is 17.8 Å². The molecule has 3 rings (SSSR count). The summed E-state index contributed by atoms with van der Waals surface area (Å²) in [5.74, 6) is 0.559. The zero-order valence-electron chi connectivity index (χ0n) is 11.4. The Balaban J connectivity index is 1.62. The van der Waals surface area contributed by atoms with Crippen LogP contribution in [0.25, 0.3) is 0 Å². The van der Waals surface area contributed by atoms with Gasteiger partial charge < -0.3 is 16.0 Å². The predicted molar refractivity (Wildman–Crippen MR) is 75.5 cm³/mol. The van der Waals surface area contributed by atoms with Crippen LogP contribution in [0.2, 0.25) is 0 Å². The summed E-state index contributed by atoms with van der Waals surface area (Å²) in [5, 5.41) is 9.07. The molecule has 2 aromatic heterocycles. The molecule has 1 saturated heterocycles. The van der Waals surface area contributed by atoms with E-state index in [-0.39, 0.29) is 23.7 Å². The number of hydrogen-bond donors (Lipinski definition) is 3. The van der Waals surface area contributed by atoms with Crippen LogP contribution in [0.3, 0.4) is 0 Å². The van der Waals surface area contributed by atoms with E-state index < -0.39 is 0 Å². The third-order valence-corrected chi connectivity index (χ3v) is 3.31. The Morgan fingerprint density at radius 1 is 1.43 bits per heavy atom. The van der Waals surface area contributed by atoms with E-state index >= 15 is 0 Å². The van der Waals surface area contributed by atoms with Gasteiger partial charge in [-0.05, 0) is 18.9 Å². The normalized spacial score (nSPS) is 18.5. The highest BCUT2D eigenvalue weighted by Gasteiger charge is 2.24. The maximum Gasteiger partial charge on any atom is 0.288 e. The number of anilines is 2. The third-order valence-electron chi connectivity index (χ3n) is 3.31. The van der Waals surface area contributed by atoms with Crippen LogP contribution in [-0.2, 0) is 0 Å². The van der Waals surface area contributed by atoms with Crippen LogP contribution >= 0.6 is 0 Å². The van der Waals surface area contributed by atoms with Crippen molar-refractivity contribution in [3.63, 3.8) is 0 Å². The van der Waals surface area contributed by atoms with E-state index in [9.17, 15) is 4.79 Å². The number of nitrogens with two attached hydrogens (primary N) is 1. The number of aromatic amines is 1. The number of nitrogens with one attached hydrogen (secondary N) is 2. The first kappa shape index (κ1) is 13.3. The van der Waals surface area contributed by atoms with Gasteiger partial charge in [-0.3, -0.25) is 9.89 Å².